The number of hydrogen-bond donors (Lipinski definition) is 3. The summed E-state index contributed by atoms with van der Waals surface area (Å²) in [4.78, 5) is 10.3. The average Bonchev–Trinajstić information content (AvgIpc) is 2.27. The van der Waals surface area contributed by atoms with Crippen molar-refractivity contribution in [1.29, 1.82) is 0 Å². The SMILES string of the molecule is Cc1c(NCC(C)(O)CO)cccc1[N+](=O)[O-]. The fourth-order valence-corrected chi connectivity index (χ4v) is 1.35. The van der Waals surface area contributed by atoms with Crippen LogP contribution in [0.5, 0.6) is 0 Å². The topological polar surface area (TPSA) is 95.6 Å². The third-order valence-electron chi connectivity index (χ3n) is 2.50. The molecule has 0 heterocycles. The fraction of sp³-hybridized carbons (Fsp3) is 0.455. The molecule has 0 aliphatic heterocycles. The lowest BCUT2D eigenvalue weighted by Gasteiger charge is -2.21. The number of benzene rings is 1. The summed E-state index contributed by atoms with van der Waals surface area (Å²) in [6, 6.07) is 4.68. The van der Waals surface area contributed by atoms with Crippen molar-refractivity contribution in [1.82, 2.24) is 0 Å². The van der Waals surface area contributed by atoms with Gasteiger partial charge < -0.3 is 15.5 Å². The third kappa shape index (κ3) is 3.40. The number of hydrogen-bond acceptors (Lipinski definition) is 5. The van der Waals surface area contributed by atoms with Crippen LogP contribution in [0.4, 0.5) is 11.4 Å². The Labute approximate surface area is 99.0 Å². The molecule has 0 aromatic heterocycles. The molecule has 1 rings (SSSR count). The van der Waals surface area contributed by atoms with Crippen molar-refractivity contribution in [2.45, 2.75) is 19.4 Å². The van der Waals surface area contributed by atoms with Crippen LogP contribution in [0.1, 0.15) is 12.5 Å². The van der Waals surface area contributed by atoms with E-state index in [1.165, 1.54) is 13.0 Å². The van der Waals surface area contributed by atoms with Crippen molar-refractivity contribution in [3.05, 3.63) is 33.9 Å². The van der Waals surface area contributed by atoms with Crippen LogP contribution in [0.2, 0.25) is 0 Å². The van der Waals surface area contributed by atoms with Gasteiger partial charge in [-0.2, -0.15) is 0 Å². The second-order valence-electron chi connectivity index (χ2n) is 4.22. The summed E-state index contributed by atoms with van der Waals surface area (Å²) in [6.07, 6.45) is 0. The largest absolute Gasteiger partial charge is 0.393 e. The first-order chi connectivity index (χ1) is 7.87. The molecule has 1 unspecified atom stereocenters. The minimum absolute atomic E-state index is 0.0265. The summed E-state index contributed by atoms with van der Waals surface area (Å²) in [5, 5.41) is 32.1. The Kier molecular flexibility index (Phi) is 4.03. The molecule has 0 saturated carbocycles. The van der Waals surface area contributed by atoms with Gasteiger partial charge in [-0.15, -0.1) is 0 Å². The van der Waals surface area contributed by atoms with Gasteiger partial charge in [0.25, 0.3) is 5.69 Å². The van der Waals surface area contributed by atoms with E-state index in [1.54, 1.807) is 19.1 Å². The van der Waals surface area contributed by atoms with Gasteiger partial charge in [-0.05, 0) is 19.9 Å². The van der Waals surface area contributed by atoms with Gasteiger partial charge in [-0.1, -0.05) is 6.07 Å². The minimum Gasteiger partial charge on any atom is -0.393 e. The molecule has 0 bridgehead atoms. The molecule has 6 nitrogen and oxygen atoms in total. The molecule has 1 aromatic rings. The van der Waals surface area contributed by atoms with Gasteiger partial charge in [0.2, 0.25) is 0 Å². The maximum Gasteiger partial charge on any atom is 0.274 e. The van der Waals surface area contributed by atoms with Crippen molar-refractivity contribution < 1.29 is 15.1 Å². The van der Waals surface area contributed by atoms with Crippen LogP contribution in [0.25, 0.3) is 0 Å². The van der Waals surface area contributed by atoms with Crippen LogP contribution in [-0.2, 0) is 0 Å². The van der Waals surface area contributed by atoms with E-state index in [4.69, 9.17) is 5.11 Å². The normalized spacial score (nSPS) is 14.1. The van der Waals surface area contributed by atoms with E-state index in [2.05, 4.69) is 5.32 Å². The maximum absolute atomic E-state index is 10.7. The van der Waals surface area contributed by atoms with Gasteiger partial charge in [-0.25, -0.2) is 0 Å². The summed E-state index contributed by atoms with van der Waals surface area (Å²) in [7, 11) is 0. The van der Waals surface area contributed by atoms with Gasteiger partial charge in [0.1, 0.15) is 5.60 Å². The van der Waals surface area contributed by atoms with Gasteiger partial charge in [0.15, 0.2) is 0 Å². The summed E-state index contributed by atoms with van der Waals surface area (Å²) >= 11 is 0. The van der Waals surface area contributed by atoms with E-state index < -0.39 is 10.5 Å². The highest BCUT2D eigenvalue weighted by Crippen LogP contribution is 2.25. The van der Waals surface area contributed by atoms with Crippen LogP contribution in [0, 0.1) is 17.0 Å². The first-order valence-corrected chi connectivity index (χ1v) is 5.18. The molecular weight excluding hydrogens is 224 g/mol. The van der Waals surface area contributed by atoms with Crippen LogP contribution in [0.15, 0.2) is 18.2 Å². The number of nitrogens with one attached hydrogen (secondary N) is 1. The van der Waals surface area contributed by atoms with Gasteiger partial charge in [0.05, 0.1) is 11.5 Å². The lowest BCUT2D eigenvalue weighted by molar-refractivity contribution is -0.385. The molecule has 1 aromatic carbocycles. The number of aliphatic hydroxyl groups is 2. The molecule has 0 aliphatic carbocycles. The molecule has 0 aliphatic rings. The molecule has 1 atom stereocenters. The lowest BCUT2D eigenvalue weighted by Crippen LogP contribution is -2.37. The number of rotatable bonds is 5. The zero-order valence-electron chi connectivity index (χ0n) is 9.80. The molecule has 0 radical (unpaired) electrons. The Hall–Kier alpha value is -1.66. The van der Waals surface area contributed by atoms with Crippen molar-refractivity contribution >= 4 is 11.4 Å². The predicted molar refractivity (Wildman–Crippen MR) is 64.0 cm³/mol. The monoisotopic (exact) mass is 240 g/mol. The zero-order chi connectivity index (χ0) is 13.1. The average molecular weight is 240 g/mol. The first-order valence-electron chi connectivity index (χ1n) is 5.18. The van der Waals surface area contributed by atoms with Crippen molar-refractivity contribution in [3.8, 4) is 0 Å². The highest BCUT2D eigenvalue weighted by molar-refractivity contribution is 5.59. The van der Waals surface area contributed by atoms with Crippen LogP contribution < -0.4 is 5.32 Å². The Morgan fingerprint density at radius 2 is 2.18 bits per heavy atom. The summed E-state index contributed by atoms with van der Waals surface area (Å²) in [5.41, 5.74) is -0.144. The molecule has 0 spiro atoms. The van der Waals surface area contributed by atoms with Crippen LogP contribution in [0.3, 0.4) is 0 Å². The second kappa shape index (κ2) is 5.11. The number of nitro groups is 1. The standard InChI is InChI=1S/C11H16N2O4/c1-8-9(12-6-11(2,15)7-14)4-3-5-10(8)13(16)17/h3-5,12,14-15H,6-7H2,1-2H3. The third-order valence-corrected chi connectivity index (χ3v) is 2.50. The Morgan fingerprint density at radius 1 is 1.53 bits per heavy atom. The molecule has 0 saturated heterocycles. The molecule has 17 heavy (non-hydrogen) atoms. The number of aliphatic hydroxyl groups excluding tert-OH is 1. The van der Waals surface area contributed by atoms with E-state index in [9.17, 15) is 15.2 Å². The second-order valence-corrected chi connectivity index (χ2v) is 4.22. The molecule has 0 amide bonds. The summed E-state index contributed by atoms with van der Waals surface area (Å²) < 4.78 is 0. The van der Waals surface area contributed by atoms with E-state index in [0.717, 1.165) is 0 Å². The lowest BCUT2D eigenvalue weighted by atomic mass is 10.1. The predicted octanol–water partition coefficient (Wildman–Crippen LogP) is 1.06. The van der Waals surface area contributed by atoms with Crippen LogP contribution >= 0.6 is 0 Å². The number of nitro benzene ring substituents is 1. The first kappa shape index (κ1) is 13.4. The van der Waals surface area contributed by atoms with E-state index in [1.807, 2.05) is 0 Å². The Bertz CT molecular complexity index is 418. The van der Waals surface area contributed by atoms with Crippen molar-refractivity contribution in [2.24, 2.45) is 0 Å². The van der Waals surface area contributed by atoms with Crippen LogP contribution in [-0.4, -0.2) is 33.9 Å². The Morgan fingerprint density at radius 3 is 2.71 bits per heavy atom. The maximum atomic E-state index is 10.7. The highest BCUT2D eigenvalue weighted by Gasteiger charge is 2.20. The van der Waals surface area contributed by atoms with Gasteiger partial charge >= 0.3 is 0 Å². The Balaban J connectivity index is 2.86. The van der Waals surface area contributed by atoms with E-state index in [-0.39, 0.29) is 18.8 Å². The zero-order valence-corrected chi connectivity index (χ0v) is 9.80. The van der Waals surface area contributed by atoms with Crippen molar-refractivity contribution in [3.63, 3.8) is 0 Å². The summed E-state index contributed by atoms with van der Waals surface area (Å²) in [5.74, 6) is 0. The highest BCUT2D eigenvalue weighted by atomic mass is 16.6. The summed E-state index contributed by atoms with van der Waals surface area (Å²) in [6.45, 7) is 2.85. The van der Waals surface area contributed by atoms with Crippen molar-refractivity contribution in [2.75, 3.05) is 18.5 Å². The van der Waals surface area contributed by atoms with E-state index in [0.29, 0.717) is 11.3 Å². The molecule has 6 heteroatoms. The molecule has 3 N–H and O–H groups in total. The number of anilines is 1. The molecular formula is C11H16N2O4. The number of nitrogens with zero attached hydrogens (tertiary/aromatic N) is 1. The quantitative estimate of drug-likeness (QED) is 0.528. The van der Waals surface area contributed by atoms with Gasteiger partial charge in [-0.3, -0.25) is 10.1 Å². The van der Waals surface area contributed by atoms with Gasteiger partial charge in [0, 0.05) is 23.9 Å². The van der Waals surface area contributed by atoms with E-state index >= 15 is 0 Å². The minimum atomic E-state index is -1.25. The smallest absolute Gasteiger partial charge is 0.274 e. The fourth-order valence-electron chi connectivity index (χ4n) is 1.35. The molecule has 94 valence electrons. The molecule has 0 fully saturated rings.